The minimum atomic E-state index is -0.414. The maximum absolute atomic E-state index is 13.3. The van der Waals surface area contributed by atoms with Gasteiger partial charge in [-0.15, -0.1) is 0 Å². The number of hydrogen-bond acceptors (Lipinski definition) is 7. The Hall–Kier alpha value is -4.92. The van der Waals surface area contributed by atoms with Crippen molar-refractivity contribution in [3.63, 3.8) is 0 Å². The Kier molecular flexibility index (Phi) is 5.95. The number of ether oxygens (including phenoxy) is 1. The predicted molar refractivity (Wildman–Crippen MR) is 141 cm³/mol. The van der Waals surface area contributed by atoms with E-state index < -0.39 is 5.91 Å². The smallest absolute Gasteiger partial charge is 0.261 e. The van der Waals surface area contributed by atoms with Gasteiger partial charge in [-0.3, -0.25) is 4.79 Å². The summed E-state index contributed by atoms with van der Waals surface area (Å²) in [6, 6.07) is 19.7. The van der Waals surface area contributed by atoms with Crippen LogP contribution in [-0.2, 0) is 0 Å². The van der Waals surface area contributed by atoms with Crippen molar-refractivity contribution in [2.24, 2.45) is 5.10 Å². The first-order chi connectivity index (χ1) is 17.4. The number of nitrogen functional groups attached to an aromatic ring is 1. The number of para-hydroxylation sites is 2. The van der Waals surface area contributed by atoms with Crippen LogP contribution in [0.5, 0.6) is 11.5 Å². The normalized spacial score (nSPS) is 11.4. The lowest BCUT2D eigenvalue weighted by atomic mass is 10.2. The molecule has 36 heavy (non-hydrogen) atoms. The molecule has 2 aromatic heterocycles. The zero-order valence-corrected chi connectivity index (χ0v) is 19.8. The summed E-state index contributed by atoms with van der Waals surface area (Å²) in [7, 11) is 0. The third kappa shape index (κ3) is 4.29. The summed E-state index contributed by atoms with van der Waals surface area (Å²) in [6.45, 7) is 4.21. The van der Waals surface area contributed by atoms with Gasteiger partial charge in [-0.05, 0) is 61.9 Å². The number of nitrogens with zero attached hydrogens (tertiary/aromatic N) is 4. The average molecular weight is 481 g/mol. The third-order valence-electron chi connectivity index (χ3n) is 5.62. The Balaban J connectivity index is 1.62. The Morgan fingerprint density at radius 1 is 1.11 bits per heavy atom. The molecule has 9 heteroatoms. The first kappa shape index (κ1) is 22.9. The SMILES string of the molecule is CCOc1cc(C=Nn2c(N)c(C(=O)Nc3ccc(C)cc3)c3nc4ccccc4nc32)ccc1O. The van der Waals surface area contributed by atoms with Crippen LogP contribution in [0.3, 0.4) is 0 Å². The monoisotopic (exact) mass is 480 g/mol. The van der Waals surface area contributed by atoms with E-state index >= 15 is 0 Å². The van der Waals surface area contributed by atoms with Gasteiger partial charge >= 0.3 is 0 Å². The van der Waals surface area contributed by atoms with Gasteiger partial charge in [0.15, 0.2) is 17.1 Å². The summed E-state index contributed by atoms with van der Waals surface area (Å²) in [6.07, 6.45) is 1.55. The molecular formula is C27H24N6O3. The number of phenolic OH excluding ortho intramolecular Hbond substituents is 1. The van der Waals surface area contributed by atoms with Crippen molar-refractivity contribution in [1.29, 1.82) is 0 Å². The van der Waals surface area contributed by atoms with E-state index in [2.05, 4.69) is 15.4 Å². The van der Waals surface area contributed by atoms with E-state index in [1.807, 2.05) is 62.4 Å². The fourth-order valence-corrected chi connectivity index (χ4v) is 3.83. The fourth-order valence-electron chi connectivity index (χ4n) is 3.83. The third-order valence-corrected chi connectivity index (χ3v) is 5.62. The quantitative estimate of drug-likeness (QED) is 0.302. The molecule has 0 saturated carbocycles. The molecule has 3 aromatic carbocycles. The van der Waals surface area contributed by atoms with Crippen LogP contribution in [0, 0.1) is 6.92 Å². The number of amides is 1. The van der Waals surface area contributed by atoms with Gasteiger partial charge in [-0.25, -0.2) is 9.97 Å². The van der Waals surface area contributed by atoms with Crippen LogP contribution < -0.4 is 15.8 Å². The molecule has 9 nitrogen and oxygen atoms in total. The van der Waals surface area contributed by atoms with Gasteiger partial charge < -0.3 is 20.9 Å². The number of fused-ring (bicyclic) bond motifs is 2. The lowest BCUT2D eigenvalue weighted by molar-refractivity contribution is 0.102. The van der Waals surface area contributed by atoms with Gasteiger partial charge in [0.2, 0.25) is 0 Å². The molecule has 1 amide bonds. The first-order valence-electron chi connectivity index (χ1n) is 11.4. The molecule has 0 aliphatic carbocycles. The summed E-state index contributed by atoms with van der Waals surface area (Å²) in [5, 5.41) is 17.4. The topological polar surface area (TPSA) is 128 Å². The molecule has 0 radical (unpaired) electrons. The standard InChI is InChI=1S/C27H24N6O3/c1-3-36-22-14-17(10-13-21(22)34)15-29-33-25(28)23(27(35)30-18-11-8-16(2)9-12-18)24-26(33)32-20-7-5-4-6-19(20)31-24/h4-15,34H,3,28H2,1-2H3,(H,30,35). The van der Waals surface area contributed by atoms with Crippen LogP contribution in [-0.4, -0.2) is 38.5 Å². The van der Waals surface area contributed by atoms with Crippen molar-refractivity contribution < 1.29 is 14.6 Å². The second-order valence-electron chi connectivity index (χ2n) is 8.18. The van der Waals surface area contributed by atoms with Gasteiger partial charge in [0.05, 0.1) is 23.9 Å². The molecule has 0 aliphatic heterocycles. The van der Waals surface area contributed by atoms with Gasteiger partial charge in [-0.1, -0.05) is 29.8 Å². The molecule has 0 bridgehead atoms. The molecule has 2 heterocycles. The lowest BCUT2D eigenvalue weighted by Gasteiger charge is -2.06. The van der Waals surface area contributed by atoms with Crippen molar-refractivity contribution in [2.75, 3.05) is 17.7 Å². The summed E-state index contributed by atoms with van der Waals surface area (Å²) in [5.74, 6) is 0.0659. The minimum Gasteiger partial charge on any atom is -0.504 e. The maximum Gasteiger partial charge on any atom is 0.261 e. The van der Waals surface area contributed by atoms with E-state index in [4.69, 9.17) is 15.5 Å². The molecule has 5 rings (SSSR count). The van der Waals surface area contributed by atoms with Crippen molar-refractivity contribution in [1.82, 2.24) is 14.6 Å². The number of aryl methyl sites for hydroxylation is 1. The second kappa shape index (κ2) is 9.38. The van der Waals surface area contributed by atoms with Crippen molar-refractivity contribution in [3.05, 3.63) is 83.4 Å². The second-order valence-corrected chi connectivity index (χ2v) is 8.18. The van der Waals surface area contributed by atoms with Crippen molar-refractivity contribution in [3.8, 4) is 11.5 Å². The Morgan fingerprint density at radius 3 is 2.56 bits per heavy atom. The van der Waals surface area contributed by atoms with Gasteiger partial charge in [0.25, 0.3) is 5.91 Å². The number of anilines is 2. The van der Waals surface area contributed by atoms with Crippen molar-refractivity contribution >= 4 is 45.8 Å². The number of hydrogen-bond donors (Lipinski definition) is 3. The first-order valence-corrected chi connectivity index (χ1v) is 11.4. The summed E-state index contributed by atoms with van der Waals surface area (Å²) < 4.78 is 6.85. The van der Waals surface area contributed by atoms with E-state index in [0.717, 1.165) is 5.56 Å². The van der Waals surface area contributed by atoms with Gasteiger partial charge in [0, 0.05) is 5.69 Å². The number of aromatic hydroxyl groups is 1. The van der Waals surface area contributed by atoms with E-state index in [9.17, 15) is 9.90 Å². The van der Waals surface area contributed by atoms with Crippen LogP contribution in [0.25, 0.3) is 22.2 Å². The molecule has 0 saturated heterocycles. The minimum absolute atomic E-state index is 0.0346. The number of nitrogens with two attached hydrogens (primary N) is 1. The van der Waals surface area contributed by atoms with E-state index in [0.29, 0.717) is 45.8 Å². The van der Waals surface area contributed by atoms with Crippen LogP contribution in [0.15, 0.2) is 71.8 Å². The van der Waals surface area contributed by atoms with Crippen LogP contribution >= 0.6 is 0 Å². The number of benzene rings is 3. The molecule has 0 atom stereocenters. The number of nitrogens with one attached hydrogen (secondary N) is 1. The molecule has 0 aliphatic rings. The Morgan fingerprint density at radius 2 is 1.83 bits per heavy atom. The largest absolute Gasteiger partial charge is 0.504 e. The molecule has 4 N–H and O–H groups in total. The fraction of sp³-hybridized carbons (Fsp3) is 0.111. The maximum atomic E-state index is 13.3. The van der Waals surface area contributed by atoms with E-state index in [1.54, 1.807) is 18.3 Å². The number of rotatable bonds is 6. The van der Waals surface area contributed by atoms with Crippen molar-refractivity contribution in [2.45, 2.75) is 13.8 Å². The number of carbonyl (C=O) groups excluding carboxylic acids is 1. The molecule has 0 fully saturated rings. The number of aromatic nitrogens is 3. The molecule has 5 aromatic rings. The molecule has 0 spiro atoms. The highest BCUT2D eigenvalue weighted by atomic mass is 16.5. The summed E-state index contributed by atoms with van der Waals surface area (Å²) in [5.41, 5.74) is 11.0. The molecular weight excluding hydrogens is 456 g/mol. The van der Waals surface area contributed by atoms with E-state index in [-0.39, 0.29) is 17.1 Å². The Bertz CT molecular complexity index is 1620. The van der Waals surface area contributed by atoms with Crippen LogP contribution in [0.2, 0.25) is 0 Å². The van der Waals surface area contributed by atoms with Gasteiger partial charge in [0.1, 0.15) is 16.9 Å². The summed E-state index contributed by atoms with van der Waals surface area (Å²) >= 11 is 0. The number of carbonyl (C=O) groups is 1. The van der Waals surface area contributed by atoms with Crippen LogP contribution in [0.4, 0.5) is 11.5 Å². The highest BCUT2D eigenvalue weighted by Gasteiger charge is 2.24. The number of phenols is 1. The van der Waals surface area contributed by atoms with Crippen LogP contribution in [0.1, 0.15) is 28.4 Å². The predicted octanol–water partition coefficient (Wildman–Crippen LogP) is 4.71. The zero-order valence-electron chi connectivity index (χ0n) is 19.8. The average Bonchev–Trinajstić information content (AvgIpc) is 3.14. The molecule has 180 valence electrons. The van der Waals surface area contributed by atoms with Gasteiger partial charge in [-0.2, -0.15) is 9.78 Å². The Labute approximate surface area is 206 Å². The highest BCUT2D eigenvalue weighted by molar-refractivity contribution is 6.16. The summed E-state index contributed by atoms with van der Waals surface area (Å²) in [4.78, 5) is 22.7. The van der Waals surface area contributed by atoms with E-state index in [1.165, 1.54) is 10.7 Å². The lowest BCUT2D eigenvalue weighted by Crippen LogP contribution is -2.14. The highest BCUT2D eigenvalue weighted by Crippen LogP contribution is 2.29. The molecule has 0 unspecified atom stereocenters. The zero-order chi connectivity index (χ0) is 25.2.